The molecule has 1 saturated carbocycles. The van der Waals surface area contributed by atoms with Crippen molar-refractivity contribution < 1.29 is 9.59 Å². The summed E-state index contributed by atoms with van der Waals surface area (Å²) in [4.78, 5) is 26.6. The number of nitrogens with one attached hydrogen (secondary N) is 2. The molecule has 0 radical (unpaired) electrons. The van der Waals surface area contributed by atoms with Crippen LogP contribution in [-0.2, 0) is 9.59 Å². The Morgan fingerprint density at radius 2 is 2.00 bits per heavy atom. The first kappa shape index (κ1) is 17.6. The second-order valence-electron chi connectivity index (χ2n) is 5.66. The lowest BCUT2D eigenvalue weighted by Crippen LogP contribution is -2.39. The number of hydrogen-bond donors (Lipinski definition) is 2. The molecule has 1 aliphatic rings. The molecule has 5 nitrogen and oxygen atoms in total. The molecule has 0 spiro atoms. The zero-order valence-corrected chi connectivity index (χ0v) is 14.2. The van der Waals surface area contributed by atoms with Crippen molar-refractivity contribution in [1.82, 2.24) is 10.2 Å². The van der Waals surface area contributed by atoms with Crippen LogP contribution in [0.4, 0.5) is 5.69 Å². The van der Waals surface area contributed by atoms with Gasteiger partial charge in [-0.15, -0.1) is 18.3 Å². The Bertz CT molecular complexity index is 573. The van der Waals surface area contributed by atoms with Crippen LogP contribution >= 0.6 is 11.8 Å². The molecule has 0 unspecified atom stereocenters. The van der Waals surface area contributed by atoms with E-state index in [4.69, 9.17) is 0 Å². The van der Waals surface area contributed by atoms with Gasteiger partial charge in [0, 0.05) is 16.7 Å². The van der Waals surface area contributed by atoms with Crippen LogP contribution < -0.4 is 10.6 Å². The zero-order valence-electron chi connectivity index (χ0n) is 13.4. The highest BCUT2D eigenvalue weighted by Gasteiger charge is 2.23. The number of rotatable bonds is 9. The summed E-state index contributed by atoms with van der Waals surface area (Å²) in [6, 6.07) is 8.02. The van der Waals surface area contributed by atoms with E-state index >= 15 is 0 Å². The molecule has 0 heterocycles. The molecule has 1 fully saturated rings. The van der Waals surface area contributed by atoms with Gasteiger partial charge < -0.3 is 10.6 Å². The van der Waals surface area contributed by atoms with Gasteiger partial charge in [0.15, 0.2) is 0 Å². The van der Waals surface area contributed by atoms with Gasteiger partial charge in [0.05, 0.1) is 18.8 Å². The maximum Gasteiger partial charge on any atom is 0.238 e. The number of likely N-dealkylation sites (N-methyl/N-ethyl adjacent to an activating group) is 1. The minimum Gasteiger partial charge on any atom is -0.352 e. The Morgan fingerprint density at radius 1 is 1.30 bits per heavy atom. The maximum atomic E-state index is 12.2. The lowest BCUT2D eigenvalue weighted by molar-refractivity contribution is -0.123. The Kier molecular flexibility index (Phi) is 6.67. The maximum absolute atomic E-state index is 12.2. The third kappa shape index (κ3) is 6.46. The molecule has 2 rings (SSSR count). The van der Waals surface area contributed by atoms with E-state index in [9.17, 15) is 9.59 Å². The number of anilines is 1. The zero-order chi connectivity index (χ0) is 16.7. The van der Waals surface area contributed by atoms with Gasteiger partial charge in [0.1, 0.15) is 0 Å². The molecule has 0 saturated heterocycles. The summed E-state index contributed by atoms with van der Waals surface area (Å²) >= 11 is 1.62. The minimum atomic E-state index is -0.127. The van der Waals surface area contributed by atoms with Crippen molar-refractivity contribution >= 4 is 29.3 Å². The van der Waals surface area contributed by atoms with Gasteiger partial charge in [-0.2, -0.15) is 0 Å². The molecule has 0 aliphatic heterocycles. The largest absolute Gasteiger partial charge is 0.352 e. The van der Waals surface area contributed by atoms with Crippen LogP contribution in [0.1, 0.15) is 12.8 Å². The highest BCUT2D eigenvalue weighted by molar-refractivity contribution is 7.99. The molecular formula is C17H23N3O2S. The summed E-state index contributed by atoms with van der Waals surface area (Å²) in [6.07, 6.45) is 3.96. The number of thioether (sulfide) groups is 1. The second-order valence-corrected chi connectivity index (χ2v) is 6.72. The van der Waals surface area contributed by atoms with Crippen LogP contribution in [0.2, 0.25) is 0 Å². The van der Waals surface area contributed by atoms with Crippen LogP contribution in [0.15, 0.2) is 41.8 Å². The number of hydrogen-bond acceptors (Lipinski definition) is 4. The fourth-order valence-electron chi connectivity index (χ4n) is 2.08. The monoisotopic (exact) mass is 333 g/mol. The number of amides is 2. The van der Waals surface area contributed by atoms with Gasteiger partial charge in [-0.05, 0) is 32.0 Å². The normalized spacial score (nSPS) is 13.7. The van der Waals surface area contributed by atoms with Crippen molar-refractivity contribution in [3.63, 3.8) is 0 Å². The SMILES string of the molecule is C=CCSc1ccccc1NC(=O)CN(C)CC(=O)NC1CC1. The summed E-state index contributed by atoms with van der Waals surface area (Å²) in [7, 11) is 1.77. The number of nitrogens with zero attached hydrogens (tertiary/aromatic N) is 1. The van der Waals surface area contributed by atoms with E-state index < -0.39 is 0 Å². The molecular weight excluding hydrogens is 310 g/mol. The average Bonchev–Trinajstić information content (AvgIpc) is 3.29. The number of benzene rings is 1. The number of para-hydroxylation sites is 1. The van der Waals surface area contributed by atoms with Crippen LogP contribution in [0, 0.1) is 0 Å². The van der Waals surface area contributed by atoms with Crippen LogP contribution in [0.3, 0.4) is 0 Å². The quantitative estimate of drug-likeness (QED) is 0.537. The first-order chi connectivity index (χ1) is 11.1. The first-order valence-electron chi connectivity index (χ1n) is 7.69. The van der Waals surface area contributed by atoms with E-state index in [2.05, 4.69) is 17.2 Å². The van der Waals surface area contributed by atoms with E-state index in [0.29, 0.717) is 6.04 Å². The Morgan fingerprint density at radius 3 is 2.70 bits per heavy atom. The van der Waals surface area contributed by atoms with Gasteiger partial charge in [-0.25, -0.2) is 0 Å². The molecule has 1 aromatic rings. The third-order valence-corrected chi connectivity index (χ3v) is 4.36. The highest BCUT2D eigenvalue weighted by atomic mass is 32.2. The van der Waals surface area contributed by atoms with Crippen molar-refractivity contribution in [2.24, 2.45) is 0 Å². The van der Waals surface area contributed by atoms with E-state index in [0.717, 1.165) is 29.2 Å². The van der Waals surface area contributed by atoms with Crippen LogP contribution in [-0.4, -0.2) is 48.6 Å². The molecule has 0 bridgehead atoms. The summed E-state index contributed by atoms with van der Waals surface area (Å²) in [5.41, 5.74) is 0.792. The molecule has 23 heavy (non-hydrogen) atoms. The molecule has 1 aliphatic carbocycles. The molecule has 2 N–H and O–H groups in total. The van der Waals surface area contributed by atoms with Gasteiger partial charge >= 0.3 is 0 Å². The van der Waals surface area contributed by atoms with E-state index in [1.165, 1.54) is 0 Å². The third-order valence-electron chi connectivity index (χ3n) is 3.29. The van der Waals surface area contributed by atoms with Crippen molar-refractivity contribution in [2.75, 3.05) is 31.2 Å². The van der Waals surface area contributed by atoms with Crippen molar-refractivity contribution in [1.29, 1.82) is 0 Å². The molecule has 6 heteroatoms. The summed E-state index contributed by atoms with van der Waals surface area (Å²) in [5.74, 6) is 0.636. The molecule has 0 aromatic heterocycles. The second kappa shape index (κ2) is 8.74. The van der Waals surface area contributed by atoms with Gasteiger partial charge in [0.25, 0.3) is 0 Å². The summed E-state index contributed by atoms with van der Waals surface area (Å²) in [5, 5.41) is 5.82. The number of carbonyl (C=O) groups is 2. The highest BCUT2D eigenvalue weighted by Crippen LogP contribution is 2.26. The predicted octanol–water partition coefficient (Wildman–Crippen LogP) is 2.11. The smallest absolute Gasteiger partial charge is 0.238 e. The lowest BCUT2D eigenvalue weighted by atomic mass is 10.3. The van der Waals surface area contributed by atoms with E-state index in [1.807, 2.05) is 30.3 Å². The average molecular weight is 333 g/mol. The molecule has 0 atom stereocenters. The fraction of sp³-hybridized carbons (Fsp3) is 0.412. The lowest BCUT2D eigenvalue weighted by Gasteiger charge is -2.16. The molecule has 124 valence electrons. The number of carbonyl (C=O) groups excluding carboxylic acids is 2. The Balaban J connectivity index is 1.81. The van der Waals surface area contributed by atoms with Gasteiger partial charge in [-0.1, -0.05) is 18.2 Å². The topological polar surface area (TPSA) is 61.4 Å². The standard InChI is InChI=1S/C17H23N3O2S/c1-3-10-23-15-7-5-4-6-14(15)19-17(22)12-20(2)11-16(21)18-13-8-9-13/h3-7,13H,1,8-12H2,2H3,(H,18,21)(H,19,22). The van der Waals surface area contributed by atoms with Crippen molar-refractivity contribution in [3.05, 3.63) is 36.9 Å². The summed E-state index contributed by atoms with van der Waals surface area (Å²) in [6.45, 7) is 4.12. The van der Waals surface area contributed by atoms with Crippen molar-refractivity contribution in [2.45, 2.75) is 23.8 Å². The summed E-state index contributed by atoms with van der Waals surface area (Å²) < 4.78 is 0. The molecule has 1 aromatic carbocycles. The molecule has 2 amide bonds. The fourth-order valence-corrected chi connectivity index (χ4v) is 2.83. The Labute approximate surface area is 141 Å². The predicted molar refractivity (Wildman–Crippen MR) is 94.7 cm³/mol. The van der Waals surface area contributed by atoms with E-state index in [1.54, 1.807) is 23.7 Å². The Hall–Kier alpha value is -1.79. The van der Waals surface area contributed by atoms with Crippen LogP contribution in [0.5, 0.6) is 0 Å². The van der Waals surface area contributed by atoms with E-state index in [-0.39, 0.29) is 24.9 Å². The van der Waals surface area contributed by atoms with Gasteiger partial charge in [0.2, 0.25) is 11.8 Å². The minimum absolute atomic E-state index is 0.0234. The van der Waals surface area contributed by atoms with Gasteiger partial charge in [-0.3, -0.25) is 14.5 Å². The van der Waals surface area contributed by atoms with Crippen LogP contribution in [0.25, 0.3) is 0 Å². The van der Waals surface area contributed by atoms with Crippen molar-refractivity contribution in [3.8, 4) is 0 Å². The first-order valence-corrected chi connectivity index (χ1v) is 8.67.